The lowest BCUT2D eigenvalue weighted by Crippen LogP contribution is -2.02. The molecule has 1 rings (SSSR count). The summed E-state index contributed by atoms with van der Waals surface area (Å²) in [6, 6.07) is 0. The highest BCUT2D eigenvalue weighted by molar-refractivity contribution is 7.99. The number of imidazole rings is 1. The van der Waals surface area contributed by atoms with Crippen LogP contribution in [0.15, 0.2) is 0 Å². The van der Waals surface area contributed by atoms with Gasteiger partial charge in [-0.3, -0.25) is 0 Å². The van der Waals surface area contributed by atoms with Gasteiger partial charge >= 0.3 is 0 Å². The summed E-state index contributed by atoms with van der Waals surface area (Å²) in [5.74, 6) is 4.24. The first-order valence-electron chi connectivity index (χ1n) is 5.58. The van der Waals surface area contributed by atoms with E-state index in [1.165, 1.54) is 0 Å². The third kappa shape index (κ3) is 3.16. The summed E-state index contributed by atoms with van der Waals surface area (Å²) in [4.78, 5) is 4.60. The van der Waals surface area contributed by atoms with Crippen LogP contribution in [0.3, 0.4) is 0 Å². The summed E-state index contributed by atoms with van der Waals surface area (Å²) in [5.41, 5.74) is 7.08. The minimum absolute atomic E-state index is 0.843. The number of nitrogen functional groups attached to an aromatic ring is 1. The molecule has 1 aromatic heterocycles. The Morgan fingerprint density at radius 1 is 1.33 bits per heavy atom. The molecule has 1 aromatic rings. The first kappa shape index (κ1) is 12.4. The molecule has 0 fully saturated rings. The fourth-order valence-corrected chi connectivity index (χ4v) is 2.19. The molecule has 0 aromatic carbocycles. The molecule has 0 amide bonds. The summed E-state index contributed by atoms with van der Waals surface area (Å²) in [7, 11) is 2.00. The van der Waals surface area contributed by atoms with Crippen LogP contribution in [0.25, 0.3) is 0 Å². The number of aromatic nitrogens is 2. The Bertz CT molecular complexity index is 307. The molecule has 0 bridgehead atoms. The average Bonchev–Trinajstić information content (AvgIpc) is 2.48. The van der Waals surface area contributed by atoms with E-state index in [0.29, 0.717) is 0 Å². The van der Waals surface area contributed by atoms with E-state index >= 15 is 0 Å². The molecule has 15 heavy (non-hydrogen) atoms. The largest absolute Gasteiger partial charge is 0.384 e. The van der Waals surface area contributed by atoms with Gasteiger partial charge in [-0.2, -0.15) is 11.8 Å². The summed E-state index contributed by atoms with van der Waals surface area (Å²) in [5, 5.41) is 0. The van der Waals surface area contributed by atoms with Gasteiger partial charge in [-0.25, -0.2) is 4.98 Å². The van der Waals surface area contributed by atoms with Gasteiger partial charge in [0.05, 0.1) is 5.69 Å². The minimum Gasteiger partial charge on any atom is -0.384 e. The van der Waals surface area contributed by atoms with E-state index in [1.54, 1.807) is 0 Å². The molecule has 0 radical (unpaired) electrons. The van der Waals surface area contributed by atoms with E-state index in [4.69, 9.17) is 5.73 Å². The van der Waals surface area contributed by atoms with Crippen molar-refractivity contribution in [3.8, 4) is 0 Å². The molecule has 0 spiro atoms. The van der Waals surface area contributed by atoms with Gasteiger partial charge in [-0.05, 0) is 17.9 Å². The third-order valence-corrected chi connectivity index (χ3v) is 3.37. The fourth-order valence-electron chi connectivity index (χ4n) is 1.57. The molecule has 2 N–H and O–H groups in total. The molecular weight excluding hydrogens is 206 g/mol. The highest BCUT2D eigenvalue weighted by atomic mass is 32.2. The number of nitrogens with zero attached hydrogens (tertiary/aromatic N) is 2. The molecular formula is C11H21N3S. The van der Waals surface area contributed by atoms with Gasteiger partial charge in [0.25, 0.3) is 0 Å². The van der Waals surface area contributed by atoms with Crippen LogP contribution in [0.2, 0.25) is 0 Å². The van der Waals surface area contributed by atoms with Gasteiger partial charge < -0.3 is 10.3 Å². The molecule has 0 aliphatic rings. The van der Waals surface area contributed by atoms with Crippen LogP contribution in [-0.2, 0) is 19.9 Å². The maximum Gasteiger partial charge on any atom is 0.126 e. The molecule has 0 aliphatic carbocycles. The molecule has 0 saturated heterocycles. The Morgan fingerprint density at radius 2 is 2.07 bits per heavy atom. The van der Waals surface area contributed by atoms with E-state index in [1.807, 2.05) is 23.4 Å². The van der Waals surface area contributed by atoms with Crippen molar-refractivity contribution in [1.29, 1.82) is 0 Å². The lowest BCUT2D eigenvalue weighted by Gasteiger charge is -2.00. The summed E-state index contributed by atoms with van der Waals surface area (Å²) in [6.45, 7) is 4.34. The van der Waals surface area contributed by atoms with Crippen LogP contribution in [0.5, 0.6) is 0 Å². The number of rotatable bonds is 6. The first-order valence-corrected chi connectivity index (χ1v) is 6.73. The Morgan fingerprint density at radius 3 is 2.67 bits per heavy atom. The Labute approximate surface area is 96.5 Å². The molecule has 0 atom stereocenters. The summed E-state index contributed by atoms with van der Waals surface area (Å²) >= 11 is 1.94. The molecule has 0 saturated carbocycles. The van der Waals surface area contributed by atoms with Gasteiger partial charge in [0, 0.05) is 19.9 Å². The predicted molar refractivity (Wildman–Crippen MR) is 68.3 cm³/mol. The van der Waals surface area contributed by atoms with Crippen molar-refractivity contribution >= 4 is 17.6 Å². The molecule has 86 valence electrons. The number of anilines is 1. The molecule has 0 unspecified atom stereocenters. The van der Waals surface area contributed by atoms with Crippen LogP contribution < -0.4 is 5.73 Å². The van der Waals surface area contributed by atoms with E-state index < -0.39 is 0 Å². The van der Waals surface area contributed by atoms with Gasteiger partial charge in [0.2, 0.25) is 0 Å². The Balaban J connectivity index is 2.67. The van der Waals surface area contributed by atoms with Crippen LogP contribution >= 0.6 is 11.8 Å². The number of hydrogen-bond acceptors (Lipinski definition) is 3. The monoisotopic (exact) mass is 227 g/mol. The number of aryl methyl sites for hydroxylation is 2. The van der Waals surface area contributed by atoms with Gasteiger partial charge in [0.15, 0.2) is 0 Å². The lowest BCUT2D eigenvalue weighted by atomic mass is 10.3. The predicted octanol–water partition coefficient (Wildman–Crippen LogP) is 2.25. The van der Waals surface area contributed by atoms with E-state index in [0.717, 1.165) is 48.1 Å². The van der Waals surface area contributed by atoms with Crippen molar-refractivity contribution in [2.24, 2.45) is 7.05 Å². The SMILES string of the molecule is CCCc1nc(CCSCC)c(N)n1C. The van der Waals surface area contributed by atoms with Crippen molar-refractivity contribution in [2.45, 2.75) is 33.1 Å². The maximum absolute atomic E-state index is 6.01. The van der Waals surface area contributed by atoms with Crippen LogP contribution in [0, 0.1) is 0 Å². The first-order chi connectivity index (χ1) is 7.20. The number of hydrogen-bond donors (Lipinski definition) is 1. The van der Waals surface area contributed by atoms with Gasteiger partial charge in [0.1, 0.15) is 11.6 Å². The number of thioether (sulfide) groups is 1. The molecule has 0 aliphatic heterocycles. The summed E-state index contributed by atoms with van der Waals surface area (Å²) in [6.07, 6.45) is 3.12. The van der Waals surface area contributed by atoms with Crippen molar-refractivity contribution < 1.29 is 0 Å². The van der Waals surface area contributed by atoms with E-state index in [-0.39, 0.29) is 0 Å². The smallest absolute Gasteiger partial charge is 0.126 e. The zero-order valence-electron chi connectivity index (χ0n) is 9.92. The van der Waals surface area contributed by atoms with Crippen molar-refractivity contribution in [2.75, 3.05) is 17.2 Å². The van der Waals surface area contributed by atoms with Crippen LogP contribution in [0.1, 0.15) is 31.8 Å². The fraction of sp³-hybridized carbons (Fsp3) is 0.727. The van der Waals surface area contributed by atoms with Gasteiger partial charge in [-0.15, -0.1) is 0 Å². The third-order valence-electron chi connectivity index (χ3n) is 2.47. The van der Waals surface area contributed by atoms with E-state index in [9.17, 15) is 0 Å². The van der Waals surface area contributed by atoms with Crippen molar-refractivity contribution in [3.63, 3.8) is 0 Å². The Hall–Kier alpha value is -0.640. The minimum atomic E-state index is 0.843. The molecule has 1 heterocycles. The maximum atomic E-state index is 6.01. The topological polar surface area (TPSA) is 43.8 Å². The second-order valence-electron chi connectivity index (χ2n) is 3.62. The highest BCUT2D eigenvalue weighted by Gasteiger charge is 2.10. The number of nitrogens with two attached hydrogens (primary N) is 1. The average molecular weight is 227 g/mol. The van der Waals surface area contributed by atoms with Gasteiger partial charge in [-0.1, -0.05) is 13.8 Å². The quantitative estimate of drug-likeness (QED) is 0.758. The van der Waals surface area contributed by atoms with Crippen LogP contribution in [-0.4, -0.2) is 21.1 Å². The normalized spacial score (nSPS) is 10.9. The van der Waals surface area contributed by atoms with Crippen molar-refractivity contribution in [3.05, 3.63) is 11.5 Å². The van der Waals surface area contributed by atoms with E-state index in [2.05, 4.69) is 18.8 Å². The lowest BCUT2D eigenvalue weighted by molar-refractivity contribution is 0.763. The summed E-state index contributed by atoms with van der Waals surface area (Å²) < 4.78 is 2.02. The molecule has 3 nitrogen and oxygen atoms in total. The zero-order valence-corrected chi connectivity index (χ0v) is 10.7. The second-order valence-corrected chi connectivity index (χ2v) is 5.01. The van der Waals surface area contributed by atoms with Crippen molar-refractivity contribution in [1.82, 2.24) is 9.55 Å². The molecule has 4 heteroatoms. The second kappa shape index (κ2) is 6.05. The standard InChI is InChI=1S/C11H21N3S/c1-4-6-10-13-9(7-8-15-5-2)11(12)14(10)3/h4-8,12H2,1-3H3. The highest BCUT2D eigenvalue weighted by Crippen LogP contribution is 2.16. The van der Waals surface area contributed by atoms with Crippen LogP contribution in [0.4, 0.5) is 5.82 Å². The Kier molecular flexibility index (Phi) is 5.02. The zero-order chi connectivity index (χ0) is 11.3.